The minimum absolute atomic E-state index is 0.0582. The molecule has 0 aliphatic rings. The molecular formula is C20H20N2O3S. The molecule has 1 aromatic carbocycles. The molecule has 0 aliphatic heterocycles. The van der Waals surface area contributed by atoms with Gasteiger partial charge in [-0.3, -0.25) is 9.78 Å². The molecule has 0 spiro atoms. The maximum atomic E-state index is 12.3. The van der Waals surface area contributed by atoms with Crippen molar-refractivity contribution in [3.8, 4) is 11.5 Å². The third kappa shape index (κ3) is 4.83. The van der Waals surface area contributed by atoms with Crippen LogP contribution in [0.2, 0.25) is 0 Å². The highest BCUT2D eigenvalue weighted by Crippen LogP contribution is 2.31. The zero-order valence-electron chi connectivity index (χ0n) is 14.7. The van der Waals surface area contributed by atoms with E-state index in [-0.39, 0.29) is 5.91 Å². The van der Waals surface area contributed by atoms with Gasteiger partial charge in [-0.2, -0.15) is 0 Å². The van der Waals surface area contributed by atoms with Gasteiger partial charge >= 0.3 is 0 Å². The summed E-state index contributed by atoms with van der Waals surface area (Å²) in [6.07, 6.45) is 3.80. The van der Waals surface area contributed by atoms with Crippen LogP contribution in [0.25, 0.3) is 0 Å². The Labute approximate surface area is 156 Å². The van der Waals surface area contributed by atoms with Gasteiger partial charge in [-0.25, -0.2) is 0 Å². The maximum Gasteiger partial charge on any atom is 0.229 e. The number of thiophene rings is 1. The Morgan fingerprint density at radius 3 is 2.62 bits per heavy atom. The monoisotopic (exact) mass is 368 g/mol. The lowest BCUT2D eigenvalue weighted by molar-refractivity contribution is -0.115. The molecule has 0 atom stereocenters. The van der Waals surface area contributed by atoms with Crippen molar-refractivity contribution >= 4 is 22.9 Å². The molecule has 5 nitrogen and oxygen atoms in total. The Morgan fingerprint density at radius 2 is 1.92 bits per heavy atom. The van der Waals surface area contributed by atoms with E-state index in [1.807, 2.05) is 31.2 Å². The number of methoxy groups -OCH3 is 1. The van der Waals surface area contributed by atoms with Crippen LogP contribution in [0.4, 0.5) is 5.69 Å². The minimum atomic E-state index is -0.0582. The lowest BCUT2D eigenvalue weighted by Crippen LogP contribution is -2.13. The predicted octanol–water partition coefficient (Wildman–Crippen LogP) is 4.22. The molecule has 3 rings (SSSR count). The first-order valence-electron chi connectivity index (χ1n) is 8.19. The van der Waals surface area contributed by atoms with Gasteiger partial charge in [0, 0.05) is 33.9 Å². The average molecular weight is 368 g/mol. The van der Waals surface area contributed by atoms with Gasteiger partial charge in [0.1, 0.15) is 6.61 Å². The number of carbonyl (C=O) groups excluding carboxylic acids is 1. The van der Waals surface area contributed by atoms with Crippen molar-refractivity contribution in [2.24, 2.45) is 0 Å². The van der Waals surface area contributed by atoms with Crippen molar-refractivity contribution in [3.05, 3.63) is 70.2 Å². The first kappa shape index (κ1) is 17.9. The summed E-state index contributed by atoms with van der Waals surface area (Å²) in [5, 5.41) is 2.91. The largest absolute Gasteiger partial charge is 0.493 e. The van der Waals surface area contributed by atoms with Gasteiger partial charge in [-0.1, -0.05) is 0 Å². The molecule has 26 heavy (non-hydrogen) atoms. The Hall–Kier alpha value is -2.86. The van der Waals surface area contributed by atoms with Gasteiger partial charge < -0.3 is 14.8 Å². The number of aryl methyl sites for hydroxylation is 1. The van der Waals surface area contributed by atoms with Crippen LogP contribution < -0.4 is 14.8 Å². The van der Waals surface area contributed by atoms with E-state index >= 15 is 0 Å². The molecule has 0 bridgehead atoms. The van der Waals surface area contributed by atoms with E-state index in [1.54, 1.807) is 49.0 Å². The van der Waals surface area contributed by atoms with Crippen LogP contribution in [0.15, 0.2) is 54.9 Å². The fourth-order valence-electron chi connectivity index (χ4n) is 2.45. The summed E-state index contributed by atoms with van der Waals surface area (Å²) < 4.78 is 11.2. The van der Waals surface area contributed by atoms with Crippen LogP contribution in [0, 0.1) is 6.92 Å². The summed E-state index contributed by atoms with van der Waals surface area (Å²) in [5.41, 5.74) is 1.68. The van der Waals surface area contributed by atoms with Crippen LogP contribution in [0.1, 0.15) is 15.3 Å². The highest BCUT2D eigenvalue weighted by atomic mass is 32.1. The zero-order valence-corrected chi connectivity index (χ0v) is 15.5. The standard InChI is InChI=1S/C20H20N2O3S/c1-14-3-5-17(26-14)12-20(23)22-16-4-6-18(24-2)19(11-16)25-13-15-7-9-21-10-8-15/h3-11H,12-13H2,1-2H3,(H,22,23). The highest BCUT2D eigenvalue weighted by Gasteiger charge is 2.10. The quantitative estimate of drug-likeness (QED) is 0.678. The van der Waals surface area contributed by atoms with E-state index in [0.29, 0.717) is 30.2 Å². The second-order valence-corrected chi connectivity index (χ2v) is 7.12. The molecule has 0 saturated heterocycles. The van der Waals surface area contributed by atoms with Gasteiger partial charge in [-0.05, 0) is 48.9 Å². The number of nitrogens with one attached hydrogen (secondary N) is 1. The molecule has 2 aromatic heterocycles. The lowest BCUT2D eigenvalue weighted by atomic mass is 10.2. The Morgan fingerprint density at radius 1 is 1.12 bits per heavy atom. The summed E-state index contributed by atoms with van der Waals surface area (Å²) in [6.45, 7) is 2.42. The Bertz CT molecular complexity index is 878. The smallest absolute Gasteiger partial charge is 0.229 e. The van der Waals surface area contributed by atoms with Crippen molar-refractivity contribution in [3.63, 3.8) is 0 Å². The third-order valence-corrected chi connectivity index (χ3v) is 4.72. The van der Waals surface area contributed by atoms with Crippen molar-refractivity contribution in [2.45, 2.75) is 20.0 Å². The van der Waals surface area contributed by atoms with E-state index in [9.17, 15) is 4.79 Å². The molecule has 0 fully saturated rings. The number of rotatable bonds is 7. The third-order valence-electron chi connectivity index (χ3n) is 3.72. The fourth-order valence-corrected chi connectivity index (χ4v) is 3.34. The van der Waals surface area contributed by atoms with Crippen molar-refractivity contribution in [1.29, 1.82) is 0 Å². The number of benzene rings is 1. The summed E-state index contributed by atoms with van der Waals surface area (Å²) in [5.74, 6) is 1.14. The number of carbonyl (C=O) groups is 1. The number of nitrogens with zero attached hydrogens (tertiary/aromatic N) is 1. The van der Waals surface area contributed by atoms with Crippen molar-refractivity contribution in [1.82, 2.24) is 4.98 Å². The topological polar surface area (TPSA) is 60.5 Å². The summed E-state index contributed by atoms with van der Waals surface area (Å²) >= 11 is 1.63. The molecule has 2 heterocycles. The van der Waals surface area contributed by atoms with Crippen LogP contribution in [0.5, 0.6) is 11.5 Å². The number of pyridine rings is 1. The highest BCUT2D eigenvalue weighted by molar-refractivity contribution is 7.12. The molecule has 1 amide bonds. The van der Waals surface area contributed by atoms with Crippen molar-refractivity contribution in [2.75, 3.05) is 12.4 Å². The van der Waals surface area contributed by atoms with E-state index in [2.05, 4.69) is 10.3 Å². The SMILES string of the molecule is COc1ccc(NC(=O)Cc2ccc(C)s2)cc1OCc1ccncc1. The second-order valence-electron chi connectivity index (χ2n) is 5.75. The first-order chi connectivity index (χ1) is 12.6. The van der Waals surface area contributed by atoms with Crippen LogP contribution in [0.3, 0.4) is 0 Å². The first-order valence-corrected chi connectivity index (χ1v) is 9.00. The van der Waals surface area contributed by atoms with Crippen molar-refractivity contribution < 1.29 is 14.3 Å². The number of aromatic nitrogens is 1. The van der Waals surface area contributed by atoms with Gasteiger partial charge in [0.2, 0.25) is 5.91 Å². The van der Waals surface area contributed by atoms with E-state index < -0.39 is 0 Å². The maximum absolute atomic E-state index is 12.3. The molecule has 3 aromatic rings. The number of hydrogen-bond donors (Lipinski definition) is 1. The number of amides is 1. The van der Waals surface area contributed by atoms with Gasteiger partial charge in [-0.15, -0.1) is 11.3 Å². The van der Waals surface area contributed by atoms with Crippen LogP contribution >= 0.6 is 11.3 Å². The average Bonchev–Trinajstić information content (AvgIpc) is 3.05. The van der Waals surface area contributed by atoms with E-state index in [4.69, 9.17) is 9.47 Å². The van der Waals surface area contributed by atoms with Crippen LogP contribution in [-0.2, 0) is 17.8 Å². The Kier molecular flexibility index (Phi) is 5.86. The second kappa shape index (κ2) is 8.49. The summed E-state index contributed by atoms with van der Waals surface area (Å²) in [7, 11) is 1.59. The summed E-state index contributed by atoms with van der Waals surface area (Å²) in [4.78, 5) is 18.5. The molecular weight excluding hydrogens is 348 g/mol. The van der Waals surface area contributed by atoms with E-state index in [0.717, 1.165) is 10.4 Å². The molecule has 0 unspecified atom stereocenters. The normalized spacial score (nSPS) is 10.4. The van der Waals surface area contributed by atoms with Crippen LogP contribution in [-0.4, -0.2) is 18.0 Å². The predicted molar refractivity (Wildman–Crippen MR) is 103 cm³/mol. The lowest BCUT2D eigenvalue weighted by Gasteiger charge is -2.13. The molecule has 134 valence electrons. The molecule has 6 heteroatoms. The zero-order chi connectivity index (χ0) is 18.4. The molecule has 0 aliphatic carbocycles. The molecule has 0 radical (unpaired) electrons. The molecule has 0 saturated carbocycles. The van der Waals surface area contributed by atoms with Gasteiger partial charge in [0.15, 0.2) is 11.5 Å². The molecule has 1 N–H and O–H groups in total. The van der Waals surface area contributed by atoms with Gasteiger partial charge in [0.05, 0.1) is 13.5 Å². The number of anilines is 1. The fraction of sp³-hybridized carbons (Fsp3) is 0.200. The minimum Gasteiger partial charge on any atom is -0.493 e. The number of hydrogen-bond acceptors (Lipinski definition) is 5. The summed E-state index contributed by atoms with van der Waals surface area (Å²) in [6, 6.07) is 13.1. The van der Waals surface area contributed by atoms with E-state index in [1.165, 1.54) is 4.88 Å². The Balaban J connectivity index is 1.67. The number of ether oxygens (including phenoxy) is 2. The van der Waals surface area contributed by atoms with Gasteiger partial charge in [0.25, 0.3) is 0 Å².